The molecule has 0 radical (unpaired) electrons. The van der Waals surface area contributed by atoms with Crippen molar-refractivity contribution in [2.45, 2.75) is 53.9 Å². The molecule has 1 heterocycles. The smallest absolute Gasteiger partial charge is 0.0270 e. The second-order valence-corrected chi connectivity index (χ2v) is 3.14. The van der Waals surface area contributed by atoms with E-state index in [0.717, 1.165) is 0 Å². The molecule has 0 saturated carbocycles. The predicted molar refractivity (Wildman–Crippen MR) is 65.6 cm³/mol. The van der Waals surface area contributed by atoms with E-state index in [1.807, 2.05) is 38.4 Å². The Hall–Kier alpha value is -0.850. The molecular formula is C13H25N. The lowest BCUT2D eigenvalue weighted by molar-refractivity contribution is 0.863. The number of hydrogen-bond acceptors (Lipinski definition) is 1. The highest BCUT2D eigenvalue weighted by molar-refractivity contribution is 5.13. The summed E-state index contributed by atoms with van der Waals surface area (Å²) in [5.41, 5.74) is 1.35. The van der Waals surface area contributed by atoms with Crippen molar-refractivity contribution < 1.29 is 0 Å². The van der Waals surface area contributed by atoms with Crippen LogP contribution in [0.2, 0.25) is 0 Å². The first-order valence-corrected chi connectivity index (χ1v) is 5.62. The van der Waals surface area contributed by atoms with Gasteiger partial charge in [-0.2, -0.15) is 0 Å². The van der Waals surface area contributed by atoms with Gasteiger partial charge >= 0.3 is 0 Å². The highest BCUT2D eigenvalue weighted by Crippen LogP contribution is 2.10. The normalized spacial score (nSPS) is 8.21. The molecule has 14 heavy (non-hydrogen) atoms. The van der Waals surface area contributed by atoms with Crippen LogP contribution in [0.25, 0.3) is 0 Å². The van der Waals surface area contributed by atoms with Gasteiger partial charge in [0.05, 0.1) is 0 Å². The van der Waals surface area contributed by atoms with Crippen LogP contribution in [-0.2, 0) is 0 Å². The minimum atomic E-state index is 0.619. The van der Waals surface area contributed by atoms with Gasteiger partial charge in [0.15, 0.2) is 0 Å². The third-order valence-electron chi connectivity index (χ3n) is 1.37. The fourth-order valence-electron chi connectivity index (χ4n) is 0.748. The average molecular weight is 195 g/mol. The zero-order valence-electron chi connectivity index (χ0n) is 10.5. The molecule has 0 aliphatic carbocycles. The van der Waals surface area contributed by atoms with Crippen molar-refractivity contribution in [1.29, 1.82) is 0 Å². The first kappa shape index (κ1) is 15.6. The zero-order chi connectivity index (χ0) is 11.4. The van der Waals surface area contributed by atoms with E-state index >= 15 is 0 Å². The molecule has 0 unspecified atom stereocenters. The lowest BCUT2D eigenvalue weighted by atomic mass is 10.1. The molecule has 0 aromatic carbocycles. The van der Waals surface area contributed by atoms with Gasteiger partial charge in [0, 0.05) is 12.4 Å². The van der Waals surface area contributed by atoms with Gasteiger partial charge in [0.2, 0.25) is 0 Å². The van der Waals surface area contributed by atoms with E-state index in [1.165, 1.54) is 12.0 Å². The molecule has 0 amide bonds. The monoisotopic (exact) mass is 195 g/mol. The summed E-state index contributed by atoms with van der Waals surface area (Å²) >= 11 is 0. The van der Waals surface area contributed by atoms with Crippen LogP contribution >= 0.6 is 0 Å². The number of nitrogens with zero attached hydrogens (tertiary/aromatic N) is 1. The summed E-state index contributed by atoms with van der Waals surface area (Å²) in [6, 6.07) is 4.09. The molecule has 0 spiro atoms. The number of pyridine rings is 1. The third-order valence-corrected chi connectivity index (χ3v) is 1.37. The number of aromatic nitrogens is 1. The first-order valence-electron chi connectivity index (χ1n) is 5.62. The summed E-state index contributed by atoms with van der Waals surface area (Å²) in [5, 5.41) is 0. The van der Waals surface area contributed by atoms with Crippen LogP contribution in [0.5, 0.6) is 0 Å². The van der Waals surface area contributed by atoms with Gasteiger partial charge in [-0.3, -0.25) is 4.98 Å². The van der Waals surface area contributed by atoms with Crippen molar-refractivity contribution in [2.75, 3.05) is 0 Å². The minimum absolute atomic E-state index is 0.619. The maximum absolute atomic E-state index is 3.93. The van der Waals surface area contributed by atoms with Crippen molar-refractivity contribution in [1.82, 2.24) is 4.98 Å². The predicted octanol–water partition coefficient (Wildman–Crippen LogP) is 4.65. The Morgan fingerprint density at radius 1 is 1.07 bits per heavy atom. The standard InChI is InChI=1S/C8H11N.C3H8.C2H6/c1-7(2)8-3-5-9-6-4-8;1-3-2;1-2/h3-7H,1-2H3;3H2,1-2H3;1-2H3. The van der Waals surface area contributed by atoms with E-state index in [9.17, 15) is 0 Å². The Balaban J connectivity index is 0. The highest BCUT2D eigenvalue weighted by atomic mass is 14.6. The summed E-state index contributed by atoms with van der Waals surface area (Å²) in [5.74, 6) is 0.619. The molecule has 0 aliphatic rings. The van der Waals surface area contributed by atoms with Crippen LogP contribution in [0.1, 0.15) is 59.4 Å². The Morgan fingerprint density at radius 2 is 1.43 bits per heavy atom. The van der Waals surface area contributed by atoms with Crippen molar-refractivity contribution in [2.24, 2.45) is 0 Å². The van der Waals surface area contributed by atoms with E-state index in [0.29, 0.717) is 5.92 Å². The molecule has 1 heteroatoms. The largest absolute Gasteiger partial charge is 0.265 e. The molecule has 1 rings (SSSR count). The molecule has 1 aromatic heterocycles. The lowest BCUT2D eigenvalue weighted by Crippen LogP contribution is -1.85. The quantitative estimate of drug-likeness (QED) is 0.635. The van der Waals surface area contributed by atoms with Gasteiger partial charge in [-0.15, -0.1) is 0 Å². The Morgan fingerprint density at radius 3 is 1.64 bits per heavy atom. The van der Waals surface area contributed by atoms with Crippen LogP contribution < -0.4 is 0 Å². The van der Waals surface area contributed by atoms with E-state index in [2.05, 4.69) is 32.7 Å². The van der Waals surface area contributed by atoms with Crippen molar-refractivity contribution in [3.8, 4) is 0 Å². The van der Waals surface area contributed by atoms with Crippen LogP contribution in [0, 0.1) is 0 Å². The van der Waals surface area contributed by atoms with Gasteiger partial charge in [0.1, 0.15) is 0 Å². The summed E-state index contributed by atoms with van der Waals surface area (Å²) in [4.78, 5) is 3.93. The molecule has 0 fully saturated rings. The molecule has 82 valence electrons. The summed E-state index contributed by atoms with van der Waals surface area (Å²) in [6.07, 6.45) is 4.91. The Kier molecular flexibility index (Phi) is 13.6. The van der Waals surface area contributed by atoms with Gasteiger partial charge in [-0.25, -0.2) is 0 Å². The van der Waals surface area contributed by atoms with Gasteiger partial charge in [-0.05, 0) is 23.6 Å². The molecular weight excluding hydrogens is 170 g/mol. The van der Waals surface area contributed by atoms with Crippen LogP contribution in [0.3, 0.4) is 0 Å². The molecule has 1 aromatic rings. The fourth-order valence-corrected chi connectivity index (χ4v) is 0.748. The maximum Gasteiger partial charge on any atom is 0.0270 e. The summed E-state index contributed by atoms with van der Waals surface area (Å²) < 4.78 is 0. The first-order chi connectivity index (χ1) is 6.72. The third kappa shape index (κ3) is 9.24. The van der Waals surface area contributed by atoms with Crippen LogP contribution in [0.15, 0.2) is 24.5 Å². The van der Waals surface area contributed by atoms with E-state index in [4.69, 9.17) is 0 Å². The summed E-state index contributed by atoms with van der Waals surface area (Å²) in [6.45, 7) is 12.6. The van der Waals surface area contributed by atoms with Crippen molar-refractivity contribution in [3.63, 3.8) is 0 Å². The van der Waals surface area contributed by atoms with Crippen molar-refractivity contribution >= 4 is 0 Å². The SMILES string of the molecule is CC.CC(C)c1ccncc1.CCC. The van der Waals surface area contributed by atoms with Gasteiger partial charge < -0.3 is 0 Å². The van der Waals surface area contributed by atoms with Gasteiger partial charge in [0.25, 0.3) is 0 Å². The van der Waals surface area contributed by atoms with E-state index in [-0.39, 0.29) is 0 Å². The molecule has 1 nitrogen and oxygen atoms in total. The second-order valence-electron chi connectivity index (χ2n) is 3.14. The number of hydrogen-bond donors (Lipinski definition) is 0. The zero-order valence-corrected chi connectivity index (χ0v) is 10.5. The maximum atomic E-state index is 3.93. The van der Waals surface area contributed by atoms with E-state index < -0.39 is 0 Å². The molecule has 0 N–H and O–H groups in total. The van der Waals surface area contributed by atoms with Crippen LogP contribution in [0.4, 0.5) is 0 Å². The topological polar surface area (TPSA) is 12.9 Å². The Labute approximate surface area is 89.6 Å². The van der Waals surface area contributed by atoms with Gasteiger partial charge in [-0.1, -0.05) is 48.0 Å². The molecule has 0 saturated heterocycles. The summed E-state index contributed by atoms with van der Waals surface area (Å²) in [7, 11) is 0. The average Bonchev–Trinajstić information content (AvgIpc) is 2.23. The van der Waals surface area contributed by atoms with Crippen molar-refractivity contribution in [3.05, 3.63) is 30.1 Å². The second kappa shape index (κ2) is 12.2. The van der Waals surface area contributed by atoms with E-state index in [1.54, 1.807) is 0 Å². The lowest BCUT2D eigenvalue weighted by Gasteiger charge is -2.01. The highest BCUT2D eigenvalue weighted by Gasteiger charge is 1.93. The Bertz CT molecular complexity index is 180. The molecule has 0 bridgehead atoms. The fraction of sp³-hybridized carbons (Fsp3) is 0.615. The molecule has 0 aliphatic heterocycles. The molecule has 0 atom stereocenters. The van der Waals surface area contributed by atoms with Crippen LogP contribution in [-0.4, -0.2) is 4.98 Å². The minimum Gasteiger partial charge on any atom is -0.265 e. The number of rotatable bonds is 1.